The fourth-order valence-electron chi connectivity index (χ4n) is 2.41. The van der Waals surface area contributed by atoms with Gasteiger partial charge in [-0.25, -0.2) is 0 Å². The molecule has 4 heteroatoms. The summed E-state index contributed by atoms with van der Waals surface area (Å²) in [6.07, 6.45) is 4.73. The summed E-state index contributed by atoms with van der Waals surface area (Å²) >= 11 is 1.45. The highest BCUT2D eigenvalue weighted by molar-refractivity contribution is 7.12. The van der Waals surface area contributed by atoms with Gasteiger partial charge in [0, 0.05) is 13.1 Å². The van der Waals surface area contributed by atoms with E-state index in [0.29, 0.717) is 10.6 Å². The Balaban J connectivity index is 2.03. The van der Waals surface area contributed by atoms with Gasteiger partial charge in [-0.05, 0) is 36.6 Å². The average Bonchev–Trinajstić information content (AvgIpc) is 2.64. The molecule has 1 saturated heterocycles. The molecule has 17 heavy (non-hydrogen) atoms. The maximum Gasteiger partial charge on any atom is 0.266 e. The van der Waals surface area contributed by atoms with Crippen LogP contribution in [-0.4, -0.2) is 23.9 Å². The van der Waals surface area contributed by atoms with E-state index in [1.807, 2.05) is 16.3 Å². The van der Waals surface area contributed by atoms with Crippen LogP contribution in [0, 0.1) is 5.92 Å². The van der Waals surface area contributed by atoms with Gasteiger partial charge in [0.2, 0.25) is 0 Å². The van der Waals surface area contributed by atoms with Gasteiger partial charge in [-0.3, -0.25) is 4.79 Å². The number of nitrogen functional groups attached to an aromatic ring is 1. The molecule has 0 aliphatic carbocycles. The van der Waals surface area contributed by atoms with Crippen molar-refractivity contribution in [3.63, 3.8) is 0 Å². The first-order valence-corrected chi connectivity index (χ1v) is 7.22. The van der Waals surface area contributed by atoms with Crippen molar-refractivity contribution in [2.45, 2.75) is 32.6 Å². The Labute approximate surface area is 107 Å². The lowest BCUT2D eigenvalue weighted by atomic mass is 9.98. The highest BCUT2D eigenvalue weighted by Crippen LogP contribution is 2.25. The van der Waals surface area contributed by atoms with Crippen molar-refractivity contribution < 1.29 is 4.79 Å². The Morgan fingerprint density at radius 2 is 2.35 bits per heavy atom. The molecule has 2 rings (SSSR count). The number of thiophene rings is 1. The molecule has 1 unspecified atom stereocenters. The van der Waals surface area contributed by atoms with Gasteiger partial charge in [0.05, 0.1) is 5.69 Å². The monoisotopic (exact) mass is 252 g/mol. The van der Waals surface area contributed by atoms with Crippen LogP contribution >= 0.6 is 11.3 Å². The molecule has 2 N–H and O–H groups in total. The van der Waals surface area contributed by atoms with E-state index in [2.05, 4.69) is 6.92 Å². The van der Waals surface area contributed by atoms with Gasteiger partial charge < -0.3 is 10.6 Å². The minimum Gasteiger partial charge on any atom is -0.397 e. The number of nitrogens with zero attached hydrogens (tertiary/aromatic N) is 1. The van der Waals surface area contributed by atoms with Gasteiger partial charge >= 0.3 is 0 Å². The smallest absolute Gasteiger partial charge is 0.266 e. The van der Waals surface area contributed by atoms with E-state index in [1.165, 1.54) is 24.2 Å². The molecule has 3 nitrogen and oxygen atoms in total. The van der Waals surface area contributed by atoms with E-state index >= 15 is 0 Å². The summed E-state index contributed by atoms with van der Waals surface area (Å²) < 4.78 is 0. The fraction of sp³-hybridized carbons (Fsp3) is 0.615. The summed E-state index contributed by atoms with van der Waals surface area (Å²) in [4.78, 5) is 15.0. The summed E-state index contributed by atoms with van der Waals surface area (Å²) in [5.74, 6) is 0.905. The number of rotatable bonds is 2. The molecule has 0 radical (unpaired) electrons. The maximum absolute atomic E-state index is 12.3. The maximum atomic E-state index is 12.3. The zero-order valence-corrected chi connectivity index (χ0v) is 11.1. The lowest BCUT2D eigenvalue weighted by Crippen LogP contribution is -2.31. The second-order valence-corrected chi connectivity index (χ2v) is 5.62. The van der Waals surface area contributed by atoms with E-state index < -0.39 is 0 Å². The van der Waals surface area contributed by atoms with E-state index in [-0.39, 0.29) is 5.91 Å². The summed E-state index contributed by atoms with van der Waals surface area (Å²) in [6, 6.07) is 1.81. The average molecular weight is 252 g/mol. The third-order valence-electron chi connectivity index (χ3n) is 3.60. The number of amides is 1. The Morgan fingerprint density at radius 1 is 1.53 bits per heavy atom. The zero-order valence-electron chi connectivity index (χ0n) is 10.3. The van der Waals surface area contributed by atoms with Crippen LogP contribution in [-0.2, 0) is 0 Å². The molecular formula is C13H20N2OS. The minimum absolute atomic E-state index is 0.120. The van der Waals surface area contributed by atoms with Crippen molar-refractivity contribution in [1.29, 1.82) is 0 Å². The van der Waals surface area contributed by atoms with Crippen LogP contribution in [0.15, 0.2) is 11.4 Å². The van der Waals surface area contributed by atoms with Gasteiger partial charge in [0.15, 0.2) is 0 Å². The third-order valence-corrected chi connectivity index (χ3v) is 4.52. The van der Waals surface area contributed by atoms with Crippen molar-refractivity contribution >= 4 is 22.9 Å². The minimum atomic E-state index is 0.120. The van der Waals surface area contributed by atoms with E-state index in [4.69, 9.17) is 5.73 Å². The molecule has 0 bridgehead atoms. The first kappa shape index (κ1) is 12.4. The van der Waals surface area contributed by atoms with Gasteiger partial charge in [-0.15, -0.1) is 11.3 Å². The lowest BCUT2D eigenvalue weighted by Gasteiger charge is -2.20. The predicted octanol–water partition coefficient (Wildman–Crippen LogP) is 2.98. The first-order chi connectivity index (χ1) is 8.22. The van der Waals surface area contributed by atoms with E-state index in [9.17, 15) is 4.79 Å². The van der Waals surface area contributed by atoms with Crippen LogP contribution < -0.4 is 5.73 Å². The topological polar surface area (TPSA) is 46.3 Å². The Kier molecular flexibility index (Phi) is 4.05. The molecule has 1 atom stereocenters. The molecule has 1 aliphatic heterocycles. The van der Waals surface area contributed by atoms with Crippen LogP contribution in [0.1, 0.15) is 42.3 Å². The first-order valence-electron chi connectivity index (χ1n) is 6.34. The van der Waals surface area contributed by atoms with Crippen LogP contribution in [0.25, 0.3) is 0 Å². The Morgan fingerprint density at radius 3 is 3.00 bits per heavy atom. The molecule has 94 valence electrons. The highest BCUT2D eigenvalue weighted by atomic mass is 32.1. The summed E-state index contributed by atoms with van der Waals surface area (Å²) in [5.41, 5.74) is 6.43. The highest BCUT2D eigenvalue weighted by Gasteiger charge is 2.22. The molecule has 1 aliphatic rings. The SMILES string of the molecule is CCC1CCCN(C(=O)c2sccc2N)CC1. The largest absolute Gasteiger partial charge is 0.397 e. The van der Waals surface area contributed by atoms with Crippen LogP contribution in [0.5, 0.6) is 0 Å². The predicted molar refractivity (Wildman–Crippen MR) is 72.3 cm³/mol. The van der Waals surface area contributed by atoms with Gasteiger partial charge in [-0.1, -0.05) is 13.3 Å². The molecule has 0 aromatic carbocycles. The van der Waals surface area contributed by atoms with Crippen molar-refractivity contribution in [3.8, 4) is 0 Å². The summed E-state index contributed by atoms with van der Waals surface area (Å²) in [5, 5.41) is 1.88. The quantitative estimate of drug-likeness (QED) is 0.879. The second-order valence-electron chi connectivity index (χ2n) is 4.70. The van der Waals surface area contributed by atoms with Crippen LogP contribution in [0.4, 0.5) is 5.69 Å². The lowest BCUT2D eigenvalue weighted by molar-refractivity contribution is 0.0765. The van der Waals surface area contributed by atoms with E-state index in [1.54, 1.807) is 0 Å². The standard InChI is InChI=1S/C13H20N2OS/c1-2-10-4-3-7-15(8-5-10)13(16)12-11(14)6-9-17-12/h6,9-10H,2-5,7-8,14H2,1H3. The molecular weight excluding hydrogens is 232 g/mol. The molecule has 1 aromatic heterocycles. The number of nitrogens with two attached hydrogens (primary N) is 1. The van der Waals surface area contributed by atoms with Crippen molar-refractivity contribution in [3.05, 3.63) is 16.3 Å². The summed E-state index contributed by atoms with van der Waals surface area (Å²) in [7, 11) is 0. The van der Waals surface area contributed by atoms with Gasteiger partial charge in [0.25, 0.3) is 5.91 Å². The molecule has 1 aromatic rings. The van der Waals surface area contributed by atoms with Crippen molar-refractivity contribution in [2.75, 3.05) is 18.8 Å². The normalized spacial score (nSPS) is 21.2. The Hall–Kier alpha value is -1.03. The second kappa shape index (κ2) is 5.54. The molecule has 1 fully saturated rings. The number of carbonyl (C=O) groups is 1. The number of anilines is 1. The number of likely N-dealkylation sites (tertiary alicyclic amines) is 1. The summed E-state index contributed by atoms with van der Waals surface area (Å²) in [6.45, 7) is 4.00. The molecule has 0 spiro atoms. The van der Waals surface area contributed by atoms with Gasteiger partial charge in [0.1, 0.15) is 4.88 Å². The number of carbonyl (C=O) groups excluding carboxylic acids is 1. The van der Waals surface area contributed by atoms with Crippen molar-refractivity contribution in [1.82, 2.24) is 4.90 Å². The number of hydrogen-bond donors (Lipinski definition) is 1. The third kappa shape index (κ3) is 2.80. The van der Waals surface area contributed by atoms with Gasteiger partial charge in [-0.2, -0.15) is 0 Å². The molecule has 0 saturated carbocycles. The van der Waals surface area contributed by atoms with Crippen LogP contribution in [0.3, 0.4) is 0 Å². The number of hydrogen-bond acceptors (Lipinski definition) is 3. The van der Waals surface area contributed by atoms with Crippen molar-refractivity contribution in [2.24, 2.45) is 5.92 Å². The zero-order chi connectivity index (χ0) is 12.3. The molecule has 1 amide bonds. The van der Waals surface area contributed by atoms with E-state index in [0.717, 1.165) is 31.8 Å². The fourth-order valence-corrected chi connectivity index (χ4v) is 3.20. The molecule has 2 heterocycles. The Bertz CT molecular complexity index is 389. The van der Waals surface area contributed by atoms with Crippen LogP contribution in [0.2, 0.25) is 0 Å².